The average molecular weight is 392 g/mol. The molecule has 1 N–H and O–H groups in total. The van der Waals surface area contributed by atoms with Gasteiger partial charge in [0.15, 0.2) is 17.3 Å². The predicted molar refractivity (Wildman–Crippen MR) is 96.3 cm³/mol. The molecule has 0 aliphatic carbocycles. The van der Waals surface area contributed by atoms with E-state index in [-0.39, 0.29) is 11.7 Å². The zero-order valence-electron chi connectivity index (χ0n) is 13.7. The van der Waals surface area contributed by atoms with Gasteiger partial charge in [-0.1, -0.05) is 12.1 Å². The Kier molecular flexibility index (Phi) is 5.98. The van der Waals surface area contributed by atoms with E-state index in [4.69, 9.17) is 9.47 Å². The number of hydrogen-bond donors (Lipinski definition) is 1. The predicted octanol–water partition coefficient (Wildman–Crippen LogP) is 4.31. The van der Waals surface area contributed by atoms with Gasteiger partial charge in [0.2, 0.25) is 0 Å². The zero-order chi connectivity index (χ0) is 17.7. The second-order valence-corrected chi connectivity index (χ2v) is 5.87. The summed E-state index contributed by atoms with van der Waals surface area (Å²) in [6, 6.07) is 10.1. The highest BCUT2D eigenvalue weighted by atomic mass is 79.9. The maximum Gasteiger partial charge on any atom is 0.255 e. The molecule has 6 heteroatoms. The SMILES string of the molecule is CCOc1cc(C(=O)Nc2cccc(C(C)=O)c2)cc(Br)c1OC. The largest absolute Gasteiger partial charge is 0.492 e. The normalized spacial score (nSPS) is 10.2. The van der Waals surface area contributed by atoms with Gasteiger partial charge in [-0.2, -0.15) is 0 Å². The molecule has 0 heterocycles. The highest BCUT2D eigenvalue weighted by molar-refractivity contribution is 9.10. The molecule has 0 aliphatic heterocycles. The number of anilines is 1. The summed E-state index contributed by atoms with van der Waals surface area (Å²) in [5.41, 5.74) is 1.51. The van der Waals surface area contributed by atoms with Gasteiger partial charge in [0.1, 0.15) is 0 Å². The quantitative estimate of drug-likeness (QED) is 0.744. The van der Waals surface area contributed by atoms with E-state index < -0.39 is 0 Å². The number of amides is 1. The number of nitrogens with one attached hydrogen (secondary N) is 1. The van der Waals surface area contributed by atoms with E-state index in [0.717, 1.165) is 0 Å². The number of halogens is 1. The second kappa shape index (κ2) is 7.97. The van der Waals surface area contributed by atoms with Gasteiger partial charge in [0.05, 0.1) is 18.2 Å². The lowest BCUT2D eigenvalue weighted by molar-refractivity contribution is 0.101. The molecule has 126 valence electrons. The number of ketones is 1. The van der Waals surface area contributed by atoms with Crippen LogP contribution < -0.4 is 14.8 Å². The van der Waals surface area contributed by atoms with Crippen LogP contribution in [0.15, 0.2) is 40.9 Å². The van der Waals surface area contributed by atoms with E-state index in [1.54, 1.807) is 36.4 Å². The Morgan fingerprint density at radius 2 is 1.92 bits per heavy atom. The number of hydrogen-bond acceptors (Lipinski definition) is 4. The van der Waals surface area contributed by atoms with E-state index in [0.29, 0.717) is 39.4 Å². The Morgan fingerprint density at radius 1 is 1.17 bits per heavy atom. The summed E-state index contributed by atoms with van der Waals surface area (Å²) in [7, 11) is 1.54. The van der Waals surface area contributed by atoms with Crippen molar-refractivity contribution in [2.45, 2.75) is 13.8 Å². The fourth-order valence-corrected chi connectivity index (χ4v) is 2.78. The lowest BCUT2D eigenvalue weighted by atomic mass is 10.1. The summed E-state index contributed by atoms with van der Waals surface area (Å²) in [5.74, 6) is 0.654. The second-order valence-electron chi connectivity index (χ2n) is 5.01. The maximum atomic E-state index is 12.5. The van der Waals surface area contributed by atoms with Crippen LogP contribution in [0.2, 0.25) is 0 Å². The molecule has 0 radical (unpaired) electrons. The number of carbonyl (C=O) groups excluding carboxylic acids is 2. The Bertz CT molecular complexity index is 774. The molecule has 0 spiro atoms. The van der Waals surface area contributed by atoms with E-state index in [1.807, 2.05) is 6.92 Å². The third-order valence-electron chi connectivity index (χ3n) is 3.30. The molecule has 24 heavy (non-hydrogen) atoms. The van der Waals surface area contributed by atoms with Crippen molar-refractivity contribution in [2.24, 2.45) is 0 Å². The van der Waals surface area contributed by atoms with Crippen LogP contribution >= 0.6 is 15.9 Å². The van der Waals surface area contributed by atoms with Crippen LogP contribution in [0, 0.1) is 0 Å². The summed E-state index contributed by atoms with van der Waals surface area (Å²) in [5, 5.41) is 2.78. The van der Waals surface area contributed by atoms with Crippen LogP contribution in [-0.2, 0) is 0 Å². The third kappa shape index (κ3) is 4.14. The molecule has 0 saturated heterocycles. The summed E-state index contributed by atoms with van der Waals surface area (Å²) >= 11 is 3.38. The van der Waals surface area contributed by atoms with Crippen molar-refractivity contribution in [3.63, 3.8) is 0 Å². The fraction of sp³-hybridized carbons (Fsp3) is 0.222. The summed E-state index contributed by atoms with van der Waals surface area (Å²) in [6.45, 7) is 3.79. The minimum atomic E-state index is -0.306. The topological polar surface area (TPSA) is 64.6 Å². The number of ether oxygens (including phenoxy) is 2. The monoisotopic (exact) mass is 391 g/mol. The molecule has 0 unspecified atom stereocenters. The molecular weight excluding hydrogens is 374 g/mol. The van der Waals surface area contributed by atoms with Crippen LogP contribution in [0.4, 0.5) is 5.69 Å². The van der Waals surface area contributed by atoms with Crippen LogP contribution in [0.25, 0.3) is 0 Å². The van der Waals surface area contributed by atoms with E-state index in [9.17, 15) is 9.59 Å². The van der Waals surface area contributed by atoms with Gasteiger partial charge in [0, 0.05) is 16.8 Å². The van der Waals surface area contributed by atoms with Crippen LogP contribution in [0.3, 0.4) is 0 Å². The van der Waals surface area contributed by atoms with Crippen molar-refractivity contribution in [1.82, 2.24) is 0 Å². The van der Waals surface area contributed by atoms with Crippen molar-refractivity contribution in [1.29, 1.82) is 0 Å². The first-order valence-corrected chi connectivity index (χ1v) is 8.18. The molecule has 0 aromatic heterocycles. The Labute approximate surface area is 149 Å². The summed E-state index contributed by atoms with van der Waals surface area (Å²) in [4.78, 5) is 23.9. The zero-order valence-corrected chi connectivity index (χ0v) is 15.3. The number of carbonyl (C=O) groups is 2. The van der Waals surface area contributed by atoms with Gasteiger partial charge in [-0.25, -0.2) is 0 Å². The molecule has 2 aromatic rings. The molecule has 0 saturated carbocycles. The summed E-state index contributed by atoms with van der Waals surface area (Å²) in [6.07, 6.45) is 0. The van der Waals surface area contributed by atoms with Gasteiger partial charge in [-0.3, -0.25) is 9.59 Å². The Balaban J connectivity index is 2.29. The first-order valence-electron chi connectivity index (χ1n) is 7.39. The van der Waals surface area contributed by atoms with Crippen molar-refractivity contribution in [2.75, 3.05) is 19.0 Å². The Morgan fingerprint density at radius 3 is 2.54 bits per heavy atom. The van der Waals surface area contributed by atoms with Gasteiger partial charge < -0.3 is 14.8 Å². The molecule has 0 atom stereocenters. The molecule has 2 rings (SSSR count). The third-order valence-corrected chi connectivity index (χ3v) is 3.89. The smallest absolute Gasteiger partial charge is 0.255 e. The first-order chi connectivity index (χ1) is 11.5. The van der Waals surface area contributed by atoms with Gasteiger partial charge in [0.25, 0.3) is 5.91 Å². The molecule has 0 fully saturated rings. The molecule has 0 aliphatic rings. The number of Topliss-reactive ketones (excluding diaryl/α,β-unsaturated/α-hetero) is 1. The molecule has 1 amide bonds. The van der Waals surface area contributed by atoms with Gasteiger partial charge in [-0.15, -0.1) is 0 Å². The molecule has 0 bridgehead atoms. The van der Waals surface area contributed by atoms with Crippen molar-refractivity contribution in [3.8, 4) is 11.5 Å². The van der Waals surface area contributed by atoms with Crippen molar-refractivity contribution >= 4 is 33.3 Å². The van der Waals surface area contributed by atoms with Gasteiger partial charge >= 0.3 is 0 Å². The molecule has 2 aromatic carbocycles. The molecular formula is C18H18BrNO4. The van der Waals surface area contributed by atoms with E-state index in [2.05, 4.69) is 21.2 Å². The number of rotatable bonds is 6. The lowest BCUT2D eigenvalue weighted by Crippen LogP contribution is -2.13. The average Bonchev–Trinajstić information content (AvgIpc) is 2.55. The first kappa shape index (κ1) is 18.0. The Hall–Kier alpha value is -2.34. The standard InChI is InChI=1S/C18H18BrNO4/c1-4-24-16-10-13(9-15(19)17(16)23-3)18(22)20-14-7-5-6-12(8-14)11(2)21/h5-10H,4H2,1-3H3,(H,20,22). The number of benzene rings is 2. The minimum Gasteiger partial charge on any atom is -0.492 e. The van der Waals surface area contributed by atoms with Gasteiger partial charge in [-0.05, 0) is 54.0 Å². The summed E-state index contributed by atoms with van der Waals surface area (Å²) < 4.78 is 11.4. The lowest BCUT2D eigenvalue weighted by Gasteiger charge is -2.13. The van der Waals surface area contributed by atoms with Crippen molar-refractivity contribution < 1.29 is 19.1 Å². The fourth-order valence-electron chi connectivity index (χ4n) is 2.18. The van der Waals surface area contributed by atoms with Crippen LogP contribution in [0.5, 0.6) is 11.5 Å². The van der Waals surface area contributed by atoms with Crippen LogP contribution in [0.1, 0.15) is 34.6 Å². The highest BCUT2D eigenvalue weighted by Gasteiger charge is 2.15. The molecule has 5 nitrogen and oxygen atoms in total. The minimum absolute atomic E-state index is 0.0584. The maximum absolute atomic E-state index is 12.5. The van der Waals surface area contributed by atoms with Crippen LogP contribution in [-0.4, -0.2) is 25.4 Å². The van der Waals surface area contributed by atoms with Crippen molar-refractivity contribution in [3.05, 3.63) is 52.0 Å². The highest BCUT2D eigenvalue weighted by Crippen LogP contribution is 2.36. The van der Waals surface area contributed by atoms with E-state index in [1.165, 1.54) is 14.0 Å². The van der Waals surface area contributed by atoms with E-state index >= 15 is 0 Å². The number of methoxy groups -OCH3 is 1.